The van der Waals surface area contributed by atoms with Gasteiger partial charge in [0.2, 0.25) is 0 Å². The zero-order chi connectivity index (χ0) is 8.81. The molecular formula is C9H10O2S. The van der Waals surface area contributed by atoms with Crippen molar-refractivity contribution in [1.82, 2.24) is 0 Å². The summed E-state index contributed by atoms with van der Waals surface area (Å²) < 4.78 is 5.07. The van der Waals surface area contributed by atoms with Gasteiger partial charge < -0.3 is 4.42 Å². The zero-order valence-electron chi connectivity index (χ0n) is 6.82. The van der Waals surface area contributed by atoms with Crippen molar-refractivity contribution in [3.63, 3.8) is 0 Å². The second kappa shape index (κ2) is 4.83. The maximum Gasteiger partial charge on any atom is 0.147 e. The van der Waals surface area contributed by atoms with Crippen LogP contribution in [0.2, 0.25) is 0 Å². The molecule has 0 radical (unpaired) electrons. The first kappa shape index (κ1) is 9.13. The molecule has 64 valence electrons. The molecule has 1 aromatic rings. The van der Waals surface area contributed by atoms with Crippen molar-refractivity contribution in [1.29, 1.82) is 0 Å². The van der Waals surface area contributed by atoms with Gasteiger partial charge in [-0.15, -0.1) is 0 Å². The molecule has 2 nitrogen and oxygen atoms in total. The Morgan fingerprint density at radius 3 is 3.08 bits per heavy atom. The molecule has 3 heteroatoms. The Hall–Kier alpha value is -0.960. The van der Waals surface area contributed by atoms with Gasteiger partial charge in [0.05, 0.1) is 6.26 Å². The van der Waals surface area contributed by atoms with Crippen LogP contribution in [0.5, 0.6) is 0 Å². The number of furan rings is 1. The van der Waals surface area contributed by atoms with Crippen molar-refractivity contribution in [2.24, 2.45) is 0 Å². The second-order valence-corrected chi connectivity index (χ2v) is 3.15. The van der Waals surface area contributed by atoms with Crippen molar-refractivity contribution in [2.75, 3.05) is 12.0 Å². The molecule has 0 aliphatic heterocycles. The summed E-state index contributed by atoms with van der Waals surface area (Å²) in [4.78, 5) is 10.5. The van der Waals surface area contributed by atoms with Crippen LogP contribution in [0.3, 0.4) is 0 Å². The summed E-state index contributed by atoms with van der Waals surface area (Å²) in [7, 11) is 0. The molecule has 0 atom stereocenters. The summed E-state index contributed by atoms with van der Waals surface area (Å²) in [5, 5.41) is 0. The predicted octanol–water partition coefficient (Wildman–Crippen LogP) is 2.22. The Kier molecular flexibility index (Phi) is 3.67. The lowest BCUT2D eigenvalue weighted by Gasteiger charge is -1.93. The number of carbonyl (C=O) groups is 1. The first-order valence-corrected chi connectivity index (χ1v) is 4.94. The van der Waals surface area contributed by atoms with Gasteiger partial charge in [0.1, 0.15) is 12.0 Å². The van der Waals surface area contributed by atoms with E-state index in [-0.39, 0.29) is 0 Å². The maximum atomic E-state index is 10.5. The van der Waals surface area contributed by atoms with E-state index in [4.69, 9.17) is 4.42 Å². The van der Waals surface area contributed by atoms with Gasteiger partial charge in [-0.25, -0.2) is 0 Å². The first-order chi connectivity index (χ1) is 5.86. The van der Waals surface area contributed by atoms with Crippen LogP contribution in [0.1, 0.15) is 5.76 Å². The summed E-state index contributed by atoms with van der Waals surface area (Å²) in [5.41, 5.74) is 0.748. The lowest BCUT2D eigenvalue weighted by atomic mass is 10.3. The molecule has 0 saturated heterocycles. The number of hydrogen-bond acceptors (Lipinski definition) is 3. The first-order valence-electron chi connectivity index (χ1n) is 3.55. The van der Waals surface area contributed by atoms with Crippen LogP contribution in [0.25, 0.3) is 6.08 Å². The minimum Gasteiger partial charge on any atom is -0.465 e. The topological polar surface area (TPSA) is 30.2 Å². The Bertz CT molecular complexity index is 262. The van der Waals surface area contributed by atoms with Gasteiger partial charge in [0, 0.05) is 11.3 Å². The summed E-state index contributed by atoms with van der Waals surface area (Å²) in [6.07, 6.45) is 6.16. The highest BCUT2D eigenvalue weighted by molar-refractivity contribution is 7.98. The normalized spacial score (nSPS) is 11.6. The van der Waals surface area contributed by atoms with Crippen molar-refractivity contribution >= 4 is 24.1 Å². The summed E-state index contributed by atoms with van der Waals surface area (Å²) in [5.74, 6) is 1.45. The fourth-order valence-corrected chi connectivity index (χ4v) is 1.32. The van der Waals surface area contributed by atoms with Crippen LogP contribution in [-0.4, -0.2) is 18.3 Å². The predicted molar refractivity (Wildman–Crippen MR) is 51.1 cm³/mol. The molecule has 0 fully saturated rings. The average molecular weight is 182 g/mol. The van der Waals surface area contributed by atoms with Gasteiger partial charge in [0.15, 0.2) is 0 Å². The van der Waals surface area contributed by atoms with Crippen LogP contribution in [-0.2, 0) is 4.79 Å². The van der Waals surface area contributed by atoms with Crippen molar-refractivity contribution < 1.29 is 9.21 Å². The van der Waals surface area contributed by atoms with Crippen molar-refractivity contribution in [3.05, 3.63) is 29.7 Å². The average Bonchev–Trinajstić information content (AvgIpc) is 2.56. The quantitative estimate of drug-likeness (QED) is 0.528. The maximum absolute atomic E-state index is 10.5. The largest absolute Gasteiger partial charge is 0.465 e. The Labute approximate surface area is 75.6 Å². The van der Waals surface area contributed by atoms with Crippen LogP contribution in [0, 0.1) is 0 Å². The molecule has 0 spiro atoms. The van der Waals surface area contributed by atoms with Gasteiger partial charge in [-0.1, -0.05) is 0 Å². The SMILES string of the molecule is CSCC(C=O)=Cc1ccco1. The monoisotopic (exact) mass is 182 g/mol. The summed E-state index contributed by atoms with van der Waals surface area (Å²) in [6, 6.07) is 3.62. The fourth-order valence-electron chi connectivity index (χ4n) is 0.832. The highest BCUT2D eigenvalue weighted by atomic mass is 32.2. The van der Waals surface area contributed by atoms with Crippen LogP contribution in [0.4, 0.5) is 0 Å². The van der Waals surface area contributed by atoms with Gasteiger partial charge in [-0.2, -0.15) is 11.8 Å². The highest BCUT2D eigenvalue weighted by Gasteiger charge is 1.95. The third-order valence-electron chi connectivity index (χ3n) is 1.33. The number of carbonyl (C=O) groups excluding carboxylic acids is 1. The van der Waals surface area contributed by atoms with E-state index in [1.807, 2.05) is 12.3 Å². The number of aldehydes is 1. The lowest BCUT2D eigenvalue weighted by molar-refractivity contribution is -0.104. The molecule has 0 saturated carbocycles. The van der Waals surface area contributed by atoms with E-state index in [1.54, 1.807) is 30.2 Å². The van der Waals surface area contributed by atoms with Gasteiger partial charge >= 0.3 is 0 Å². The van der Waals surface area contributed by atoms with E-state index in [0.717, 1.165) is 23.4 Å². The summed E-state index contributed by atoms with van der Waals surface area (Å²) >= 11 is 1.61. The molecule has 0 aliphatic rings. The lowest BCUT2D eigenvalue weighted by Crippen LogP contribution is -1.87. The summed E-state index contributed by atoms with van der Waals surface area (Å²) in [6.45, 7) is 0. The highest BCUT2D eigenvalue weighted by Crippen LogP contribution is 2.09. The van der Waals surface area contributed by atoms with E-state index in [0.29, 0.717) is 0 Å². The van der Waals surface area contributed by atoms with E-state index in [2.05, 4.69) is 0 Å². The Morgan fingerprint density at radius 2 is 2.58 bits per heavy atom. The smallest absolute Gasteiger partial charge is 0.147 e. The molecule has 12 heavy (non-hydrogen) atoms. The molecule has 0 unspecified atom stereocenters. The van der Waals surface area contributed by atoms with E-state index >= 15 is 0 Å². The van der Waals surface area contributed by atoms with Crippen molar-refractivity contribution in [2.45, 2.75) is 0 Å². The van der Waals surface area contributed by atoms with E-state index in [9.17, 15) is 4.79 Å². The van der Waals surface area contributed by atoms with Gasteiger partial charge in [-0.05, 0) is 24.5 Å². The molecule has 1 heterocycles. The third-order valence-corrected chi connectivity index (χ3v) is 1.96. The molecule has 0 bridgehead atoms. The Morgan fingerprint density at radius 1 is 1.75 bits per heavy atom. The fraction of sp³-hybridized carbons (Fsp3) is 0.222. The number of hydrogen-bond donors (Lipinski definition) is 0. The molecule has 1 aromatic heterocycles. The molecule has 1 rings (SSSR count). The number of rotatable bonds is 4. The standard InChI is InChI=1S/C9H10O2S/c1-12-7-8(6-10)5-9-3-2-4-11-9/h2-6H,7H2,1H3. The van der Waals surface area contributed by atoms with Crippen LogP contribution >= 0.6 is 11.8 Å². The second-order valence-electron chi connectivity index (χ2n) is 2.29. The van der Waals surface area contributed by atoms with Gasteiger partial charge in [-0.3, -0.25) is 4.79 Å². The van der Waals surface area contributed by atoms with Gasteiger partial charge in [0.25, 0.3) is 0 Å². The minimum absolute atomic E-state index is 0.726. The third kappa shape index (κ3) is 2.58. The minimum atomic E-state index is 0.726. The van der Waals surface area contributed by atoms with E-state index in [1.165, 1.54) is 0 Å². The molecule has 0 N–H and O–H groups in total. The number of thioether (sulfide) groups is 1. The molecular weight excluding hydrogens is 172 g/mol. The van der Waals surface area contributed by atoms with Crippen LogP contribution < -0.4 is 0 Å². The zero-order valence-corrected chi connectivity index (χ0v) is 7.64. The molecule has 0 aromatic carbocycles. The Balaban J connectivity index is 2.71. The van der Waals surface area contributed by atoms with E-state index < -0.39 is 0 Å². The molecule has 0 aliphatic carbocycles. The molecule has 0 amide bonds. The van der Waals surface area contributed by atoms with Crippen LogP contribution in [0.15, 0.2) is 28.4 Å². The van der Waals surface area contributed by atoms with Crippen molar-refractivity contribution in [3.8, 4) is 0 Å².